The maximum absolute atomic E-state index is 11.4. The highest BCUT2D eigenvalue weighted by Crippen LogP contribution is 2.26. The molecule has 0 bridgehead atoms. The van der Waals surface area contributed by atoms with E-state index in [4.69, 9.17) is 4.74 Å². The zero-order valence-electron chi connectivity index (χ0n) is 11.6. The van der Waals surface area contributed by atoms with Crippen LogP contribution in [0.2, 0.25) is 0 Å². The predicted molar refractivity (Wildman–Crippen MR) is 77.8 cm³/mol. The van der Waals surface area contributed by atoms with Crippen molar-refractivity contribution in [1.29, 1.82) is 0 Å². The number of sulfone groups is 1. The predicted octanol–water partition coefficient (Wildman–Crippen LogP) is 1.46. The number of phenols is 1. The van der Waals surface area contributed by atoms with Crippen molar-refractivity contribution in [3.05, 3.63) is 23.8 Å². The van der Waals surface area contributed by atoms with E-state index in [0.29, 0.717) is 31.7 Å². The average molecular weight is 299 g/mol. The second-order valence-electron chi connectivity index (χ2n) is 5.04. The van der Waals surface area contributed by atoms with Gasteiger partial charge in [-0.1, -0.05) is 6.07 Å². The first-order chi connectivity index (χ1) is 9.50. The van der Waals surface area contributed by atoms with Crippen molar-refractivity contribution < 1.29 is 18.3 Å². The van der Waals surface area contributed by atoms with Gasteiger partial charge in [0.1, 0.15) is 9.84 Å². The van der Waals surface area contributed by atoms with E-state index in [1.165, 1.54) is 0 Å². The Morgan fingerprint density at radius 2 is 2.05 bits per heavy atom. The Morgan fingerprint density at radius 3 is 2.70 bits per heavy atom. The number of ether oxygens (including phenoxy) is 1. The number of phenolic OH excluding ortho intramolecular Hbond substituents is 1. The minimum absolute atomic E-state index is 0.138. The first-order valence-electron chi connectivity index (χ1n) is 6.88. The highest BCUT2D eigenvalue weighted by molar-refractivity contribution is 7.91. The van der Waals surface area contributed by atoms with Gasteiger partial charge in [0.15, 0.2) is 11.5 Å². The molecule has 2 N–H and O–H groups in total. The van der Waals surface area contributed by atoms with E-state index in [1.807, 2.05) is 19.1 Å². The average Bonchev–Trinajstić information content (AvgIpc) is 2.41. The molecule has 0 atom stereocenters. The van der Waals surface area contributed by atoms with E-state index in [-0.39, 0.29) is 23.3 Å². The molecule has 0 amide bonds. The van der Waals surface area contributed by atoms with Crippen molar-refractivity contribution in [2.24, 2.45) is 0 Å². The van der Waals surface area contributed by atoms with E-state index in [0.717, 1.165) is 5.56 Å². The fraction of sp³-hybridized carbons (Fsp3) is 0.571. The summed E-state index contributed by atoms with van der Waals surface area (Å²) in [6.45, 7) is 3.02. The number of nitrogens with one attached hydrogen (secondary N) is 1. The molecule has 1 fully saturated rings. The molecule has 1 aromatic carbocycles. The summed E-state index contributed by atoms with van der Waals surface area (Å²) in [5.74, 6) is 1.16. The van der Waals surface area contributed by atoms with Crippen LogP contribution in [0.4, 0.5) is 0 Å². The number of aromatic hydroxyl groups is 1. The Labute approximate surface area is 119 Å². The van der Waals surface area contributed by atoms with Crippen LogP contribution in [0.15, 0.2) is 18.2 Å². The van der Waals surface area contributed by atoms with Crippen molar-refractivity contribution in [3.63, 3.8) is 0 Å². The maximum atomic E-state index is 11.4. The van der Waals surface area contributed by atoms with Gasteiger partial charge in [-0.05, 0) is 37.5 Å². The summed E-state index contributed by atoms with van der Waals surface area (Å²) in [4.78, 5) is 0. The molecule has 1 aliphatic heterocycles. The third-order valence-corrected chi connectivity index (χ3v) is 5.19. The summed E-state index contributed by atoms with van der Waals surface area (Å²) >= 11 is 0. The summed E-state index contributed by atoms with van der Waals surface area (Å²) in [5, 5.41) is 13.0. The molecule has 0 aromatic heterocycles. The van der Waals surface area contributed by atoms with Gasteiger partial charge in [0, 0.05) is 12.6 Å². The molecular weight excluding hydrogens is 278 g/mol. The van der Waals surface area contributed by atoms with Crippen LogP contribution < -0.4 is 10.1 Å². The molecule has 5 nitrogen and oxygen atoms in total. The highest BCUT2D eigenvalue weighted by Gasteiger charge is 2.22. The summed E-state index contributed by atoms with van der Waals surface area (Å²) in [5.41, 5.74) is 1.01. The highest BCUT2D eigenvalue weighted by atomic mass is 32.2. The number of hydrogen-bond donors (Lipinski definition) is 2. The summed E-state index contributed by atoms with van der Waals surface area (Å²) in [7, 11) is -2.81. The molecule has 2 rings (SSSR count). The second-order valence-corrected chi connectivity index (χ2v) is 7.35. The summed E-state index contributed by atoms with van der Waals surface area (Å²) in [6.07, 6.45) is 1.33. The summed E-state index contributed by atoms with van der Waals surface area (Å²) in [6, 6.07) is 5.51. The van der Waals surface area contributed by atoms with Crippen molar-refractivity contribution in [2.75, 3.05) is 18.1 Å². The Bertz CT molecular complexity index is 542. The first-order valence-corrected chi connectivity index (χ1v) is 8.71. The second kappa shape index (κ2) is 6.45. The van der Waals surface area contributed by atoms with Crippen LogP contribution in [0.25, 0.3) is 0 Å². The lowest BCUT2D eigenvalue weighted by Crippen LogP contribution is -2.37. The van der Waals surface area contributed by atoms with Gasteiger partial charge in [-0.3, -0.25) is 0 Å². The van der Waals surface area contributed by atoms with Crippen LogP contribution >= 0.6 is 0 Å². The molecule has 1 heterocycles. The van der Waals surface area contributed by atoms with E-state index in [2.05, 4.69) is 5.32 Å². The van der Waals surface area contributed by atoms with E-state index >= 15 is 0 Å². The van der Waals surface area contributed by atoms with Crippen molar-refractivity contribution in [3.8, 4) is 11.5 Å². The fourth-order valence-corrected chi connectivity index (χ4v) is 3.79. The third-order valence-electron chi connectivity index (χ3n) is 3.47. The van der Waals surface area contributed by atoms with Gasteiger partial charge in [-0.25, -0.2) is 8.42 Å². The number of benzene rings is 1. The summed E-state index contributed by atoms with van der Waals surface area (Å²) < 4.78 is 28.0. The molecule has 0 radical (unpaired) electrons. The molecule has 20 heavy (non-hydrogen) atoms. The zero-order valence-corrected chi connectivity index (χ0v) is 12.4. The third kappa shape index (κ3) is 4.11. The van der Waals surface area contributed by atoms with E-state index in [9.17, 15) is 13.5 Å². The largest absolute Gasteiger partial charge is 0.504 e. The lowest BCUT2D eigenvalue weighted by atomic mass is 10.1. The molecular formula is C14H21NO4S. The molecule has 0 saturated carbocycles. The Balaban J connectivity index is 1.89. The van der Waals surface area contributed by atoms with E-state index in [1.54, 1.807) is 6.07 Å². The van der Waals surface area contributed by atoms with Gasteiger partial charge in [-0.2, -0.15) is 0 Å². The Hall–Kier alpha value is -1.27. The number of hydrogen-bond acceptors (Lipinski definition) is 5. The standard InChI is InChI=1S/C14H21NO4S/c1-2-19-14-9-11(3-4-13(14)16)10-15-12-5-7-20(17,18)8-6-12/h3-4,9,12,15-16H,2,5-8,10H2,1H3. The molecule has 1 aromatic rings. The quantitative estimate of drug-likeness (QED) is 0.861. The minimum Gasteiger partial charge on any atom is -0.504 e. The van der Waals surface area contributed by atoms with Crippen LogP contribution in [0.3, 0.4) is 0 Å². The lowest BCUT2D eigenvalue weighted by Gasteiger charge is -2.23. The van der Waals surface area contributed by atoms with Gasteiger partial charge >= 0.3 is 0 Å². The normalized spacial score (nSPS) is 18.9. The monoisotopic (exact) mass is 299 g/mol. The van der Waals surface area contributed by atoms with Gasteiger partial charge in [0.05, 0.1) is 18.1 Å². The first kappa shape index (κ1) is 15.1. The molecule has 1 saturated heterocycles. The van der Waals surface area contributed by atoms with E-state index < -0.39 is 9.84 Å². The SMILES string of the molecule is CCOc1cc(CNC2CCS(=O)(=O)CC2)ccc1O. The molecule has 0 aliphatic carbocycles. The Kier molecular flexibility index (Phi) is 4.88. The van der Waals surface area contributed by atoms with Crippen molar-refractivity contribution >= 4 is 9.84 Å². The van der Waals surface area contributed by atoms with Crippen molar-refractivity contribution in [2.45, 2.75) is 32.4 Å². The van der Waals surface area contributed by atoms with Crippen LogP contribution in [-0.2, 0) is 16.4 Å². The molecule has 0 unspecified atom stereocenters. The number of rotatable bonds is 5. The van der Waals surface area contributed by atoms with Crippen LogP contribution in [0, 0.1) is 0 Å². The van der Waals surface area contributed by atoms with Gasteiger partial charge in [0.25, 0.3) is 0 Å². The fourth-order valence-electron chi connectivity index (χ4n) is 2.30. The lowest BCUT2D eigenvalue weighted by molar-refractivity contribution is 0.317. The Morgan fingerprint density at radius 1 is 1.35 bits per heavy atom. The van der Waals surface area contributed by atoms with Crippen LogP contribution in [0.5, 0.6) is 11.5 Å². The van der Waals surface area contributed by atoms with Gasteiger partial charge in [-0.15, -0.1) is 0 Å². The molecule has 0 spiro atoms. The van der Waals surface area contributed by atoms with Gasteiger partial charge < -0.3 is 15.2 Å². The van der Waals surface area contributed by atoms with Crippen LogP contribution in [0.1, 0.15) is 25.3 Å². The molecule has 1 aliphatic rings. The molecule has 112 valence electrons. The molecule has 6 heteroatoms. The zero-order chi connectivity index (χ0) is 14.6. The topological polar surface area (TPSA) is 75.6 Å². The van der Waals surface area contributed by atoms with Crippen LogP contribution in [-0.4, -0.2) is 37.7 Å². The minimum atomic E-state index is -2.81. The smallest absolute Gasteiger partial charge is 0.161 e. The van der Waals surface area contributed by atoms with Gasteiger partial charge in [0.2, 0.25) is 0 Å². The maximum Gasteiger partial charge on any atom is 0.161 e. The van der Waals surface area contributed by atoms with Crippen molar-refractivity contribution in [1.82, 2.24) is 5.32 Å².